The molecule has 0 unspecified atom stereocenters. The quantitative estimate of drug-likeness (QED) is 0.726. The Labute approximate surface area is 149 Å². The van der Waals surface area contributed by atoms with Crippen molar-refractivity contribution in [3.8, 4) is 17.2 Å². The second kappa shape index (κ2) is 5.87. The summed E-state index contributed by atoms with van der Waals surface area (Å²) < 4.78 is 1.34. The maximum atomic E-state index is 11.5. The molecule has 0 saturated carbocycles. The lowest BCUT2D eigenvalue weighted by Gasteiger charge is -2.13. The third-order valence-electron chi connectivity index (χ3n) is 4.24. The van der Waals surface area contributed by atoms with Crippen molar-refractivity contribution < 1.29 is 9.90 Å². The minimum atomic E-state index is -1.30. The van der Waals surface area contributed by atoms with Gasteiger partial charge in [0.25, 0.3) is 0 Å². The molecule has 0 bridgehead atoms. The zero-order chi connectivity index (χ0) is 18.4. The molecule has 0 aliphatic heterocycles. The van der Waals surface area contributed by atoms with Crippen LogP contribution in [0.2, 0.25) is 5.15 Å². The zero-order valence-corrected chi connectivity index (χ0v) is 14.7. The van der Waals surface area contributed by atoms with Gasteiger partial charge in [-0.1, -0.05) is 41.9 Å². The molecule has 7 heteroatoms. The average Bonchev–Trinajstić information content (AvgIpc) is 3.02. The van der Waals surface area contributed by atoms with E-state index < -0.39 is 11.4 Å². The highest BCUT2D eigenvalue weighted by molar-refractivity contribution is 6.32. The number of hydrogen-bond acceptors (Lipinski definition) is 4. The SMILES string of the molecule is Cc1c(-c2ccccc2)c(Cl)n2nc(C(C)(C)C(=O)O)nc2c1C#N. The van der Waals surface area contributed by atoms with Crippen LogP contribution in [0.5, 0.6) is 0 Å². The fourth-order valence-corrected chi connectivity index (χ4v) is 2.97. The smallest absolute Gasteiger partial charge is 0.316 e. The van der Waals surface area contributed by atoms with Crippen LogP contribution in [0, 0.1) is 18.3 Å². The van der Waals surface area contributed by atoms with Gasteiger partial charge in [-0.25, -0.2) is 9.50 Å². The van der Waals surface area contributed by atoms with Gasteiger partial charge < -0.3 is 5.11 Å². The lowest BCUT2D eigenvalue weighted by Crippen LogP contribution is -2.30. The molecule has 2 aromatic heterocycles. The van der Waals surface area contributed by atoms with Crippen LogP contribution in [0.1, 0.15) is 30.8 Å². The number of carboxylic acid groups (broad SMARTS) is 1. The Balaban J connectivity index is 2.40. The van der Waals surface area contributed by atoms with E-state index in [1.165, 1.54) is 18.4 Å². The lowest BCUT2D eigenvalue weighted by molar-refractivity contribution is -0.142. The van der Waals surface area contributed by atoms with Gasteiger partial charge in [0.2, 0.25) is 0 Å². The fourth-order valence-electron chi connectivity index (χ4n) is 2.60. The third kappa shape index (κ3) is 2.53. The summed E-state index contributed by atoms with van der Waals surface area (Å²) in [6.07, 6.45) is 0. The number of nitrogens with zero attached hydrogens (tertiary/aromatic N) is 4. The molecule has 126 valence electrons. The van der Waals surface area contributed by atoms with Crippen molar-refractivity contribution in [2.24, 2.45) is 0 Å². The van der Waals surface area contributed by atoms with Crippen LogP contribution in [-0.2, 0) is 10.2 Å². The van der Waals surface area contributed by atoms with Crippen molar-refractivity contribution in [2.75, 3.05) is 0 Å². The molecule has 3 rings (SSSR count). The number of pyridine rings is 1. The Morgan fingerprint density at radius 2 is 1.96 bits per heavy atom. The van der Waals surface area contributed by atoms with Gasteiger partial charge in [-0.2, -0.15) is 5.26 Å². The van der Waals surface area contributed by atoms with Crippen molar-refractivity contribution in [3.05, 3.63) is 52.4 Å². The van der Waals surface area contributed by atoms with E-state index in [9.17, 15) is 15.2 Å². The van der Waals surface area contributed by atoms with Gasteiger partial charge >= 0.3 is 5.97 Å². The molecule has 2 heterocycles. The van der Waals surface area contributed by atoms with Gasteiger partial charge in [0.1, 0.15) is 22.2 Å². The predicted molar refractivity (Wildman–Crippen MR) is 93.5 cm³/mol. The summed E-state index contributed by atoms with van der Waals surface area (Å²) in [6.45, 7) is 4.81. The van der Waals surface area contributed by atoms with Gasteiger partial charge in [0, 0.05) is 5.56 Å². The van der Waals surface area contributed by atoms with Crippen LogP contribution >= 0.6 is 11.6 Å². The van der Waals surface area contributed by atoms with E-state index in [4.69, 9.17) is 11.6 Å². The Bertz CT molecular complexity index is 1030. The van der Waals surface area contributed by atoms with Crippen LogP contribution in [0.4, 0.5) is 0 Å². The molecular weight excluding hydrogens is 340 g/mol. The first-order chi connectivity index (χ1) is 11.8. The Hall–Kier alpha value is -2.91. The Morgan fingerprint density at radius 1 is 1.32 bits per heavy atom. The Kier molecular flexibility index (Phi) is 3.97. The second-order valence-corrected chi connectivity index (χ2v) is 6.60. The first kappa shape index (κ1) is 16.9. The van der Waals surface area contributed by atoms with Crippen LogP contribution in [0.3, 0.4) is 0 Å². The summed E-state index contributed by atoms with van der Waals surface area (Å²) in [7, 11) is 0. The number of hydrogen-bond donors (Lipinski definition) is 1. The van der Waals surface area contributed by atoms with Crippen LogP contribution < -0.4 is 0 Å². The number of aliphatic carboxylic acids is 1. The van der Waals surface area contributed by atoms with Crippen molar-refractivity contribution in [1.82, 2.24) is 14.6 Å². The first-order valence-corrected chi connectivity index (χ1v) is 7.95. The Morgan fingerprint density at radius 3 is 2.52 bits per heavy atom. The van der Waals surface area contributed by atoms with E-state index in [0.717, 1.165) is 5.56 Å². The van der Waals surface area contributed by atoms with E-state index >= 15 is 0 Å². The number of halogens is 1. The largest absolute Gasteiger partial charge is 0.481 e. The maximum absolute atomic E-state index is 11.5. The van der Waals surface area contributed by atoms with Gasteiger partial charge in [-0.3, -0.25) is 4.79 Å². The van der Waals surface area contributed by atoms with Gasteiger partial charge in [0.05, 0.1) is 0 Å². The minimum absolute atomic E-state index is 0.100. The number of nitriles is 1. The number of benzene rings is 1. The van der Waals surface area contributed by atoms with E-state index in [0.29, 0.717) is 16.7 Å². The van der Waals surface area contributed by atoms with E-state index in [2.05, 4.69) is 16.2 Å². The van der Waals surface area contributed by atoms with Gasteiger partial charge in [-0.15, -0.1) is 5.10 Å². The lowest BCUT2D eigenvalue weighted by atomic mass is 9.93. The summed E-state index contributed by atoms with van der Waals surface area (Å²) >= 11 is 6.56. The maximum Gasteiger partial charge on any atom is 0.316 e. The monoisotopic (exact) mass is 354 g/mol. The average molecular weight is 355 g/mol. The molecule has 0 spiro atoms. The molecule has 0 radical (unpaired) electrons. The zero-order valence-electron chi connectivity index (χ0n) is 13.9. The highest BCUT2D eigenvalue weighted by Gasteiger charge is 2.35. The molecule has 0 saturated heterocycles. The summed E-state index contributed by atoms with van der Waals surface area (Å²) in [4.78, 5) is 15.8. The summed E-state index contributed by atoms with van der Waals surface area (Å²) in [5.74, 6) is -0.957. The van der Waals surface area contributed by atoms with Crippen molar-refractivity contribution in [3.63, 3.8) is 0 Å². The molecule has 25 heavy (non-hydrogen) atoms. The molecule has 0 aliphatic carbocycles. The first-order valence-electron chi connectivity index (χ1n) is 7.57. The fraction of sp³-hybridized carbons (Fsp3) is 0.222. The normalized spacial score (nSPS) is 11.5. The highest BCUT2D eigenvalue weighted by Crippen LogP contribution is 2.35. The molecule has 0 aliphatic rings. The van der Waals surface area contributed by atoms with E-state index in [1.807, 2.05) is 30.3 Å². The predicted octanol–water partition coefficient (Wildman–Crippen LogP) is 3.59. The topological polar surface area (TPSA) is 91.3 Å². The highest BCUT2D eigenvalue weighted by atomic mass is 35.5. The van der Waals surface area contributed by atoms with Gasteiger partial charge in [-0.05, 0) is 31.9 Å². The molecular formula is C18H15ClN4O2. The number of carbonyl (C=O) groups is 1. The summed E-state index contributed by atoms with van der Waals surface area (Å²) in [6, 6.07) is 11.6. The number of fused-ring (bicyclic) bond motifs is 1. The van der Waals surface area contributed by atoms with Crippen LogP contribution in [-0.4, -0.2) is 25.7 Å². The molecule has 0 fully saturated rings. The number of aromatic nitrogens is 3. The van der Waals surface area contributed by atoms with Crippen molar-refractivity contribution >= 4 is 23.2 Å². The van der Waals surface area contributed by atoms with Crippen molar-refractivity contribution in [2.45, 2.75) is 26.2 Å². The second-order valence-electron chi connectivity index (χ2n) is 6.24. The molecule has 0 amide bonds. The summed E-state index contributed by atoms with van der Waals surface area (Å²) in [5, 5.41) is 23.6. The number of carboxylic acids is 1. The molecule has 6 nitrogen and oxygen atoms in total. The van der Waals surface area contributed by atoms with E-state index in [1.54, 1.807) is 6.92 Å². The summed E-state index contributed by atoms with van der Waals surface area (Å²) in [5.41, 5.74) is 1.48. The third-order valence-corrected chi connectivity index (χ3v) is 4.59. The van der Waals surface area contributed by atoms with Crippen molar-refractivity contribution in [1.29, 1.82) is 5.26 Å². The van der Waals surface area contributed by atoms with Crippen LogP contribution in [0.25, 0.3) is 16.8 Å². The number of rotatable bonds is 3. The standard InChI is InChI=1S/C18H15ClN4O2/c1-10-12(9-20)15-21-16(18(2,3)17(24)25)22-23(15)14(19)13(10)11-7-5-4-6-8-11/h4-8H,1-3H3,(H,24,25). The molecule has 0 atom stereocenters. The van der Waals surface area contributed by atoms with Gasteiger partial charge in [0.15, 0.2) is 11.5 Å². The molecule has 1 aromatic carbocycles. The minimum Gasteiger partial charge on any atom is -0.481 e. The molecule has 1 N–H and O–H groups in total. The van der Waals surface area contributed by atoms with E-state index in [-0.39, 0.29) is 16.6 Å². The van der Waals surface area contributed by atoms with Crippen LogP contribution in [0.15, 0.2) is 30.3 Å². The molecule has 3 aromatic rings.